The average Bonchev–Trinajstić information content (AvgIpc) is 3.04. The topological polar surface area (TPSA) is 30.5 Å². The fourth-order valence-electron chi connectivity index (χ4n) is 4.42. The van der Waals surface area contributed by atoms with Crippen molar-refractivity contribution in [3.63, 3.8) is 0 Å². The Bertz CT molecular complexity index is 336. The molecule has 0 radical (unpaired) electrons. The van der Waals surface area contributed by atoms with Gasteiger partial charge in [-0.1, -0.05) is 26.7 Å². The highest BCUT2D eigenvalue weighted by Crippen LogP contribution is 2.45. The van der Waals surface area contributed by atoms with Gasteiger partial charge in [0.2, 0.25) is 0 Å². The van der Waals surface area contributed by atoms with Crippen LogP contribution >= 0.6 is 0 Å². The Labute approximate surface area is 123 Å². The monoisotopic (exact) mass is 281 g/mol. The van der Waals surface area contributed by atoms with Gasteiger partial charge in [0.25, 0.3) is 0 Å². The fourth-order valence-corrected chi connectivity index (χ4v) is 4.42. The van der Waals surface area contributed by atoms with E-state index in [1.54, 1.807) is 0 Å². The Hall–Kier alpha value is -0.120. The van der Waals surface area contributed by atoms with Crippen LogP contribution in [0.5, 0.6) is 0 Å². The Morgan fingerprint density at radius 3 is 2.60 bits per heavy atom. The van der Waals surface area contributed by atoms with Crippen LogP contribution in [0, 0.1) is 5.41 Å². The first-order chi connectivity index (χ1) is 9.56. The molecule has 0 aromatic heterocycles. The summed E-state index contributed by atoms with van der Waals surface area (Å²) in [5.41, 5.74) is 0.537. The van der Waals surface area contributed by atoms with E-state index in [0.717, 1.165) is 19.6 Å². The SMILES string of the molecule is CCOC1CC(NCC2CCC3(CCCC3)O2)C1(C)C. The molecule has 2 saturated carbocycles. The molecule has 1 saturated heterocycles. The molecule has 3 rings (SSSR count). The third kappa shape index (κ3) is 2.65. The van der Waals surface area contributed by atoms with Crippen molar-refractivity contribution in [1.29, 1.82) is 0 Å². The lowest BCUT2D eigenvalue weighted by Gasteiger charge is -2.52. The summed E-state index contributed by atoms with van der Waals surface area (Å²) in [6, 6.07) is 0.586. The van der Waals surface area contributed by atoms with E-state index < -0.39 is 0 Å². The van der Waals surface area contributed by atoms with Crippen molar-refractivity contribution < 1.29 is 9.47 Å². The van der Waals surface area contributed by atoms with Gasteiger partial charge in [-0.3, -0.25) is 0 Å². The maximum Gasteiger partial charge on any atom is 0.0708 e. The van der Waals surface area contributed by atoms with E-state index >= 15 is 0 Å². The fraction of sp³-hybridized carbons (Fsp3) is 1.00. The van der Waals surface area contributed by atoms with Gasteiger partial charge >= 0.3 is 0 Å². The molecule has 1 heterocycles. The second kappa shape index (κ2) is 5.58. The molecule has 20 heavy (non-hydrogen) atoms. The quantitative estimate of drug-likeness (QED) is 0.839. The van der Waals surface area contributed by atoms with Crippen LogP contribution < -0.4 is 5.32 Å². The number of rotatable bonds is 5. The zero-order valence-corrected chi connectivity index (χ0v) is 13.4. The smallest absolute Gasteiger partial charge is 0.0708 e. The molecule has 2 aliphatic carbocycles. The molecular weight excluding hydrogens is 250 g/mol. The van der Waals surface area contributed by atoms with Crippen LogP contribution in [0.25, 0.3) is 0 Å². The maximum absolute atomic E-state index is 6.38. The summed E-state index contributed by atoms with van der Waals surface area (Å²) in [5.74, 6) is 0. The first kappa shape index (κ1) is 14.8. The van der Waals surface area contributed by atoms with Crippen molar-refractivity contribution in [3.8, 4) is 0 Å². The van der Waals surface area contributed by atoms with Gasteiger partial charge in [0.15, 0.2) is 0 Å². The van der Waals surface area contributed by atoms with E-state index in [4.69, 9.17) is 9.47 Å². The van der Waals surface area contributed by atoms with Crippen LogP contribution in [-0.4, -0.2) is 37.0 Å². The van der Waals surface area contributed by atoms with Crippen molar-refractivity contribution in [1.82, 2.24) is 5.32 Å². The third-order valence-corrected chi connectivity index (χ3v) is 5.99. The molecule has 0 amide bonds. The van der Waals surface area contributed by atoms with Gasteiger partial charge < -0.3 is 14.8 Å². The lowest BCUT2D eigenvalue weighted by molar-refractivity contribution is -0.117. The summed E-state index contributed by atoms with van der Waals surface area (Å²) in [4.78, 5) is 0. The Morgan fingerprint density at radius 1 is 1.20 bits per heavy atom. The van der Waals surface area contributed by atoms with Crippen LogP contribution in [0.15, 0.2) is 0 Å². The Morgan fingerprint density at radius 2 is 1.95 bits per heavy atom. The average molecular weight is 281 g/mol. The highest BCUT2D eigenvalue weighted by Gasteiger charge is 2.49. The minimum atomic E-state index is 0.264. The summed E-state index contributed by atoms with van der Waals surface area (Å²) in [5, 5.41) is 3.74. The molecule has 0 bridgehead atoms. The van der Waals surface area contributed by atoms with Crippen molar-refractivity contribution in [3.05, 3.63) is 0 Å². The number of hydrogen-bond donors (Lipinski definition) is 1. The largest absolute Gasteiger partial charge is 0.378 e. The summed E-state index contributed by atoms with van der Waals surface area (Å²) < 4.78 is 12.2. The molecule has 1 N–H and O–H groups in total. The summed E-state index contributed by atoms with van der Waals surface area (Å²) in [7, 11) is 0. The lowest BCUT2D eigenvalue weighted by Crippen LogP contribution is -2.61. The maximum atomic E-state index is 6.38. The van der Waals surface area contributed by atoms with E-state index in [9.17, 15) is 0 Å². The van der Waals surface area contributed by atoms with Gasteiger partial charge in [-0.25, -0.2) is 0 Å². The lowest BCUT2D eigenvalue weighted by atomic mass is 9.64. The van der Waals surface area contributed by atoms with Crippen LogP contribution in [-0.2, 0) is 9.47 Å². The Balaban J connectivity index is 1.43. The van der Waals surface area contributed by atoms with Gasteiger partial charge in [0, 0.05) is 24.6 Å². The van der Waals surface area contributed by atoms with Crippen LogP contribution in [0.2, 0.25) is 0 Å². The molecular formula is C17H31NO2. The van der Waals surface area contributed by atoms with Crippen molar-refractivity contribution in [2.75, 3.05) is 13.2 Å². The van der Waals surface area contributed by atoms with E-state index in [-0.39, 0.29) is 11.0 Å². The van der Waals surface area contributed by atoms with Gasteiger partial charge in [-0.15, -0.1) is 0 Å². The Kier molecular flexibility index (Phi) is 4.13. The summed E-state index contributed by atoms with van der Waals surface area (Å²) in [6.07, 6.45) is 9.88. The molecule has 1 spiro atoms. The molecule has 3 atom stereocenters. The predicted octanol–water partition coefficient (Wildman–Crippen LogP) is 3.27. The van der Waals surface area contributed by atoms with Gasteiger partial charge in [-0.2, -0.15) is 0 Å². The van der Waals surface area contributed by atoms with Crippen molar-refractivity contribution in [2.24, 2.45) is 5.41 Å². The van der Waals surface area contributed by atoms with E-state index in [1.165, 1.54) is 38.5 Å². The predicted molar refractivity (Wildman–Crippen MR) is 80.9 cm³/mol. The minimum Gasteiger partial charge on any atom is -0.378 e. The number of nitrogens with one attached hydrogen (secondary N) is 1. The molecule has 3 nitrogen and oxygen atoms in total. The zero-order valence-electron chi connectivity index (χ0n) is 13.4. The second-order valence-corrected chi connectivity index (χ2v) is 7.63. The normalized spacial score (nSPS) is 38.2. The van der Waals surface area contributed by atoms with Crippen molar-refractivity contribution in [2.45, 2.75) is 89.6 Å². The van der Waals surface area contributed by atoms with Gasteiger partial charge in [0.1, 0.15) is 0 Å². The molecule has 1 aliphatic heterocycles. The first-order valence-corrected chi connectivity index (χ1v) is 8.58. The van der Waals surface area contributed by atoms with Crippen LogP contribution in [0.4, 0.5) is 0 Å². The van der Waals surface area contributed by atoms with E-state index in [1.807, 2.05) is 0 Å². The molecule has 3 heteroatoms. The highest BCUT2D eigenvalue weighted by molar-refractivity contribution is 5.03. The van der Waals surface area contributed by atoms with Crippen LogP contribution in [0.3, 0.4) is 0 Å². The molecule has 3 unspecified atom stereocenters. The number of ether oxygens (including phenoxy) is 2. The minimum absolute atomic E-state index is 0.264. The first-order valence-electron chi connectivity index (χ1n) is 8.58. The molecule has 116 valence electrons. The highest BCUT2D eigenvalue weighted by atomic mass is 16.5. The van der Waals surface area contributed by atoms with Crippen molar-refractivity contribution >= 4 is 0 Å². The molecule has 0 aromatic rings. The molecule has 0 aromatic carbocycles. The van der Waals surface area contributed by atoms with Crippen LogP contribution in [0.1, 0.15) is 65.7 Å². The molecule has 3 fully saturated rings. The summed E-state index contributed by atoms with van der Waals surface area (Å²) in [6.45, 7) is 8.58. The standard InChI is InChI=1S/C17H31NO2/c1-4-19-15-11-14(16(15,2)3)18-12-13-7-10-17(20-13)8-5-6-9-17/h13-15,18H,4-12H2,1-3H3. The summed E-state index contributed by atoms with van der Waals surface area (Å²) >= 11 is 0. The molecule has 3 aliphatic rings. The van der Waals surface area contributed by atoms with E-state index in [0.29, 0.717) is 18.2 Å². The number of hydrogen-bond acceptors (Lipinski definition) is 3. The second-order valence-electron chi connectivity index (χ2n) is 7.63. The van der Waals surface area contributed by atoms with E-state index in [2.05, 4.69) is 26.1 Å². The third-order valence-electron chi connectivity index (χ3n) is 5.99. The zero-order chi connectivity index (χ0) is 14.2. The van der Waals surface area contributed by atoms with Gasteiger partial charge in [-0.05, 0) is 39.0 Å². The van der Waals surface area contributed by atoms with Gasteiger partial charge in [0.05, 0.1) is 17.8 Å².